The Bertz CT molecular complexity index is 379. The quantitative estimate of drug-likeness (QED) is 0.654. The Kier molecular flexibility index (Phi) is 6.11. The molecule has 100 valence electrons. The lowest BCUT2D eigenvalue weighted by atomic mass is 9.94. The molecule has 0 bridgehead atoms. The largest absolute Gasteiger partial charge is 0.303 e. The number of carbonyl (C=O) groups is 1. The third-order valence-electron chi connectivity index (χ3n) is 3.43. The summed E-state index contributed by atoms with van der Waals surface area (Å²) in [5.41, 5.74) is 4.04. The molecule has 0 N–H and O–H groups in total. The van der Waals surface area contributed by atoms with Crippen LogP contribution < -0.4 is 0 Å². The van der Waals surface area contributed by atoms with E-state index in [1.165, 1.54) is 29.5 Å². The molecular formula is C17H26O. The third kappa shape index (κ3) is 5.03. The van der Waals surface area contributed by atoms with Crippen molar-refractivity contribution in [2.75, 3.05) is 0 Å². The zero-order chi connectivity index (χ0) is 13.5. The second kappa shape index (κ2) is 7.35. The molecule has 0 spiro atoms. The van der Waals surface area contributed by atoms with E-state index in [1.54, 1.807) is 0 Å². The maximum atomic E-state index is 10.8. The fourth-order valence-corrected chi connectivity index (χ4v) is 2.21. The van der Waals surface area contributed by atoms with Gasteiger partial charge in [0.05, 0.1) is 0 Å². The molecule has 0 fully saturated rings. The first kappa shape index (κ1) is 14.9. The van der Waals surface area contributed by atoms with Crippen LogP contribution in [0.4, 0.5) is 0 Å². The topological polar surface area (TPSA) is 17.1 Å². The molecule has 0 aliphatic heterocycles. The third-order valence-corrected chi connectivity index (χ3v) is 3.43. The second-order valence-electron chi connectivity index (χ2n) is 5.86. The first-order valence-corrected chi connectivity index (χ1v) is 7.06. The van der Waals surface area contributed by atoms with Crippen molar-refractivity contribution in [2.45, 2.75) is 53.4 Å². The van der Waals surface area contributed by atoms with Gasteiger partial charge in [0.25, 0.3) is 0 Å². The number of aryl methyl sites for hydroxylation is 2. The van der Waals surface area contributed by atoms with Crippen molar-refractivity contribution in [3.05, 3.63) is 34.9 Å². The minimum absolute atomic E-state index is 0.120. The molecule has 1 aromatic rings. The molecule has 0 saturated carbocycles. The minimum Gasteiger partial charge on any atom is -0.303 e. The maximum absolute atomic E-state index is 10.8. The van der Waals surface area contributed by atoms with Gasteiger partial charge in [0.15, 0.2) is 0 Å². The molecule has 0 amide bonds. The molecule has 0 saturated heterocycles. The van der Waals surface area contributed by atoms with Crippen LogP contribution in [-0.4, -0.2) is 6.29 Å². The first-order valence-electron chi connectivity index (χ1n) is 7.06. The summed E-state index contributed by atoms with van der Waals surface area (Å²) >= 11 is 0. The highest BCUT2D eigenvalue weighted by atomic mass is 16.1. The second-order valence-corrected chi connectivity index (χ2v) is 5.86. The van der Waals surface area contributed by atoms with Crippen LogP contribution >= 0.6 is 0 Å². The van der Waals surface area contributed by atoms with E-state index in [9.17, 15) is 4.79 Å². The van der Waals surface area contributed by atoms with Crippen molar-refractivity contribution in [3.63, 3.8) is 0 Å². The lowest BCUT2D eigenvalue weighted by Crippen LogP contribution is -2.03. The summed E-state index contributed by atoms with van der Waals surface area (Å²) in [5, 5.41) is 0. The maximum Gasteiger partial charge on any atom is 0.123 e. The molecular weight excluding hydrogens is 220 g/mol. The molecule has 1 aromatic carbocycles. The van der Waals surface area contributed by atoms with Crippen LogP contribution in [0.2, 0.25) is 0 Å². The highest BCUT2D eigenvalue weighted by Gasteiger charge is 2.06. The fraction of sp³-hybridized carbons (Fsp3) is 0.588. The molecule has 0 heterocycles. The summed E-state index contributed by atoms with van der Waals surface area (Å²) < 4.78 is 0. The Morgan fingerprint density at radius 1 is 1.22 bits per heavy atom. The fourth-order valence-electron chi connectivity index (χ4n) is 2.21. The van der Waals surface area contributed by atoms with Crippen LogP contribution in [0.15, 0.2) is 18.2 Å². The van der Waals surface area contributed by atoms with E-state index >= 15 is 0 Å². The number of aldehydes is 1. The molecule has 0 aromatic heterocycles. The zero-order valence-electron chi connectivity index (χ0n) is 12.2. The molecule has 0 aliphatic rings. The molecule has 1 heteroatoms. The minimum atomic E-state index is 0.120. The van der Waals surface area contributed by atoms with Gasteiger partial charge in [0.2, 0.25) is 0 Å². The lowest BCUT2D eigenvalue weighted by molar-refractivity contribution is -0.110. The Balaban J connectivity index is 2.65. The average molecular weight is 246 g/mol. The van der Waals surface area contributed by atoms with Crippen LogP contribution in [0, 0.1) is 18.8 Å². The Morgan fingerprint density at radius 3 is 2.56 bits per heavy atom. The van der Waals surface area contributed by atoms with E-state index in [4.69, 9.17) is 0 Å². The van der Waals surface area contributed by atoms with Crippen molar-refractivity contribution in [1.82, 2.24) is 0 Å². The van der Waals surface area contributed by atoms with Gasteiger partial charge < -0.3 is 4.79 Å². The van der Waals surface area contributed by atoms with Gasteiger partial charge in [0, 0.05) is 5.92 Å². The average Bonchev–Trinajstić information content (AvgIpc) is 2.32. The van der Waals surface area contributed by atoms with Crippen LogP contribution in [0.1, 0.15) is 50.3 Å². The van der Waals surface area contributed by atoms with Gasteiger partial charge in [-0.05, 0) is 48.8 Å². The van der Waals surface area contributed by atoms with Gasteiger partial charge in [-0.25, -0.2) is 0 Å². The van der Waals surface area contributed by atoms with E-state index in [-0.39, 0.29) is 5.92 Å². The molecule has 1 rings (SSSR count). The Labute approximate surface area is 112 Å². The number of benzene rings is 1. The van der Waals surface area contributed by atoms with E-state index in [0.29, 0.717) is 0 Å². The van der Waals surface area contributed by atoms with Gasteiger partial charge in [-0.3, -0.25) is 0 Å². The molecule has 1 nitrogen and oxygen atoms in total. The van der Waals surface area contributed by atoms with Crippen LogP contribution in [-0.2, 0) is 17.6 Å². The number of rotatable bonds is 7. The zero-order valence-corrected chi connectivity index (χ0v) is 12.2. The number of carbonyl (C=O) groups excluding carboxylic acids is 1. The Hall–Kier alpha value is -1.11. The monoisotopic (exact) mass is 246 g/mol. The number of hydrogen-bond acceptors (Lipinski definition) is 1. The first-order chi connectivity index (χ1) is 8.52. The van der Waals surface area contributed by atoms with Gasteiger partial charge in [-0.15, -0.1) is 0 Å². The van der Waals surface area contributed by atoms with Crippen molar-refractivity contribution in [3.8, 4) is 0 Å². The number of hydrogen-bond donors (Lipinski definition) is 0. The van der Waals surface area contributed by atoms with E-state index in [0.717, 1.165) is 25.0 Å². The summed E-state index contributed by atoms with van der Waals surface area (Å²) in [6, 6.07) is 6.71. The van der Waals surface area contributed by atoms with Gasteiger partial charge in [-0.1, -0.05) is 45.4 Å². The van der Waals surface area contributed by atoms with Gasteiger partial charge in [0.1, 0.15) is 6.29 Å². The van der Waals surface area contributed by atoms with E-state index in [2.05, 4.69) is 39.0 Å². The SMILES string of the molecule is Cc1ccc(CCCC(C)C)cc1CC(C)C=O. The van der Waals surface area contributed by atoms with Gasteiger partial charge >= 0.3 is 0 Å². The van der Waals surface area contributed by atoms with Crippen LogP contribution in [0.3, 0.4) is 0 Å². The highest BCUT2D eigenvalue weighted by Crippen LogP contribution is 2.17. The standard InChI is InChI=1S/C17H26O/c1-13(2)6-5-7-16-9-8-15(4)17(11-16)10-14(3)12-18/h8-9,11-14H,5-7,10H2,1-4H3. The smallest absolute Gasteiger partial charge is 0.123 e. The van der Waals surface area contributed by atoms with E-state index in [1.807, 2.05) is 6.92 Å². The molecule has 0 radical (unpaired) electrons. The summed E-state index contributed by atoms with van der Waals surface area (Å²) in [5.74, 6) is 0.902. The summed E-state index contributed by atoms with van der Waals surface area (Å²) in [7, 11) is 0. The van der Waals surface area contributed by atoms with Crippen molar-refractivity contribution >= 4 is 6.29 Å². The van der Waals surface area contributed by atoms with E-state index < -0.39 is 0 Å². The molecule has 18 heavy (non-hydrogen) atoms. The predicted molar refractivity (Wildman–Crippen MR) is 77.9 cm³/mol. The molecule has 0 aliphatic carbocycles. The van der Waals surface area contributed by atoms with Crippen LogP contribution in [0.25, 0.3) is 0 Å². The lowest BCUT2D eigenvalue weighted by Gasteiger charge is -2.11. The summed E-state index contributed by atoms with van der Waals surface area (Å²) in [6.45, 7) is 8.65. The predicted octanol–water partition coefficient (Wildman–Crippen LogP) is 4.35. The normalized spacial score (nSPS) is 12.7. The van der Waals surface area contributed by atoms with Crippen molar-refractivity contribution in [2.24, 2.45) is 11.8 Å². The highest BCUT2D eigenvalue weighted by molar-refractivity contribution is 5.54. The van der Waals surface area contributed by atoms with Crippen molar-refractivity contribution in [1.29, 1.82) is 0 Å². The summed E-state index contributed by atoms with van der Waals surface area (Å²) in [6.07, 6.45) is 5.61. The molecule has 1 unspecified atom stereocenters. The molecule has 1 atom stereocenters. The van der Waals surface area contributed by atoms with Gasteiger partial charge in [-0.2, -0.15) is 0 Å². The van der Waals surface area contributed by atoms with Crippen LogP contribution in [0.5, 0.6) is 0 Å². The van der Waals surface area contributed by atoms with Crippen molar-refractivity contribution < 1.29 is 4.79 Å². The summed E-state index contributed by atoms with van der Waals surface area (Å²) in [4.78, 5) is 10.8. The Morgan fingerprint density at radius 2 is 1.94 bits per heavy atom.